The van der Waals surface area contributed by atoms with Crippen LogP contribution >= 0.6 is 0 Å². The minimum atomic E-state index is -1.13. The predicted molar refractivity (Wildman–Crippen MR) is 113 cm³/mol. The number of urea groups is 1. The highest BCUT2D eigenvalue weighted by atomic mass is 16.6. The monoisotopic (exact) mass is 412 g/mol. The van der Waals surface area contributed by atoms with Crippen LogP contribution < -0.4 is 15.4 Å². The van der Waals surface area contributed by atoms with E-state index in [4.69, 9.17) is 9.47 Å². The molecule has 0 saturated heterocycles. The number of carbonyl (C=O) groups excluding carboxylic acids is 3. The molecule has 2 aromatic rings. The van der Waals surface area contributed by atoms with Crippen molar-refractivity contribution in [2.75, 3.05) is 6.61 Å². The molecule has 2 aromatic carbocycles. The standard InChI is InChI=1S/C23H28N2O5/c1-16(21(27)24-22(28)25-23(2,3)4)30-20(26)15-29-19-13-9-8-12-18(19)14-17-10-6-5-7-11-17/h5-13,16H,14-15H2,1-4H3,(H2,24,25,27,28). The van der Waals surface area contributed by atoms with Crippen LogP contribution in [0.3, 0.4) is 0 Å². The molecule has 0 aromatic heterocycles. The van der Waals surface area contributed by atoms with E-state index in [0.717, 1.165) is 11.1 Å². The fraction of sp³-hybridized carbons (Fsp3) is 0.348. The molecular formula is C23H28N2O5. The van der Waals surface area contributed by atoms with E-state index >= 15 is 0 Å². The summed E-state index contributed by atoms with van der Waals surface area (Å²) in [6.07, 6.45) is -0.473. The Labute approximate surface area is 176 Å². The van der Waals surface area contributed by atoms with Gasteiger partial charge in [0.15, 0.2) is 12.7 Å². The average Bonchev–Trinajstić information content (AvgIpc) is 2.66. The van der Waals surface area contributed by atoms with Gasteiger partial charge < -0.3 is 14.8 Å². The zero-order valence-electron chi connectivity index (χ0n) is 17.7. The molecule has 0 radical (unpaired) electrons. The lowest BCUT2D eigenvalue weighted by molar-refractivity contribution is -0.156. The van der Waals surface area contributed by atoms with Crippen LogP contribution in [0.25, 0.3) is 0 Å². The van der Waals surface area contributed by atoms with E-state index < -0.39 is 29.6 Å². The number of imide groups is 1. The van der Waals surface area contributed by atoms with Crippen molar-refractivity contribution in [2.45, 2.75) is 45.8 Å². The first-order valence-electron chi connectivity index (χ1n) is 9.71. The van der Waals surface area contributed by atoms with Crippen molar-refractivity contribution in [1.82, 2.24) is 10.6 Å². The molecule has 7 nitrogen and oxygen atoms in total. The second-order valence-electron chi connectivity index (χ2n) is 7.88. The first-order chi connectivity index (χ1) is 14.1. The molecule has 0 bridgehead atoms. The fourth-order valence-electron chi connectivity index (χ4n) is 2.61. The van der Waals surface area contributed by atoms with Gasteiger partial charge in [-0.3, -0.25) is 10.1 Å². The highest BCUT2D eigenvalue weighted by Gasteiger charge is 2.22. The van der Waals surface area contributed by atoms with Gasteiger partial charge in [-0.05, 0) is 44.9 Å². The summed E-state index contributed by atoms with van der Waals surface area (Å²) in [7, 11) is 0. The summed E-state index contributed by atoms with van der Waals surface area (Å²) >= 11 is 0. The van der Waals surface area contributed by atoms with E-state index in [1.165, 1.54) is 6.92 Å². The van der Waals surface area contributed by atoms with Crippen molar-refractivity contribution < 1.29 is 23.9 Å². The van der Waals surface area contributed by atoms with E-state index in [2.05, 4.69) is 10.6 Å². The smallest absolute Gasteiger partial charge is 0.344 e. The van der Waals surface area contributed by atoms with Crippen LogP contribution in [0.15, 0.2) is 54.6 Å². The van der Waals surface area contributed by atoms with Crippen molar-refractivity contribution >= 4 is 17.9 Å². The third-order valence-electron chi connectivity index (χ3n) is 3.96. The summed E-state index contributed by atoms with van der Waals surface area (Å²) in [5.74, 6) is -0.849. The van der Waals surface area contributed by atoms with Gasteiger partial charge in [-0.1, -0.05) is 48.5 Å². The van der Waals surface area contributed by atoms with Gasteiger partial charge in [-0.15, -0.1) is 0 Å². The molecule has 3 amide bonds. The summed E-state index contributed by atoms with van der Waals surface area (Å²) in [5, 5.41) is 4.74. The summed E-state index contributed by atoms with van der Waals surface area (Å²) in [5.41, 5.74) is 1.56. The zero-order valence-corrected chi connectivity index (χ0v) is 17.7. The molecule has 1 unspecified atom stereocenters. The first kappa shape index (κ1) is 22.9. The summed E-state index contributed by atoms with van der Waals surface area (Å²) in [6, 6.07) is 16.7. The molecule has 2 N–H and O–H groups in total. The SMILES string of the molecule is CC(OC(=O)COc1ccccc1Cc1ccccc1)C(=O)NC(=O)NC(C)(C)C. The number of esters is 1. The normalized spacial score (nSPS) is 11.9. The second-order valence-corrected chi connectivity index (χ2v) is 7.88. The minimum absolute atomic E-state index is 0.350. The van der Waals surface area contributed by atoms with Gasteiger partial charge in [0.05, 0.1) is 0 Å². The number of carbonyl (C=O) groups is 3. The van der Waals surface area contributed by atoms with Crippen LogP contribution in [0.4, 0.5) is 4.79 Å². The topological polar surface area (TPSA) is 93.7 Å². The van der Waals surface area contributed by atoms with Gasteiger partial charge >= 0.3 is 12.0 Å². The lowest BCUT2D eigenvalue weighted by Gasteiger charge is -2.21. The molecule has 0 heterocycles. The summed E-state index contributed by atoms with van der Waals surface area (Å²) in [6.45, 7) is 6.40. The van der Waals surface area contributed by atoms with Gasteiger partial charge in [-0.25, -0.2) is 9.59 Å². The Morgan fingerprint density at radius 3 is 2.27 bits per heavy atom. The van der Waals surface area contributed by atoms with Crippen molar-refractivity contribution in [3.05, 3.63) is 65.7 Å². The van der Waals surface area contributed by atoms with Crippen LogP contribution in [0.5, 0.6) is 5.75 Å². The number of amides is 3. The lowest BCUT2D eigenvalue weighted by atomic mass is 10.0. The Bertz CT molecular complexity index is 875. The molecular weight excluding hydrogens is 384 g/mol. The number of hydrogen-bond acceptors (Lipinski definition) is 5. The van der Waals surface area contributed by atoms with Crippen molar-refractivity contribution in [3.63, 3.8) is 0 Å². The number of rotatable bonds is 7. The molecule has 1 atom stereocenters. The van der Waals surface area contributed by atoms with Crippen molar-refractivity contribution in [2.24, 2.45) is 0 Å². The quantitative estimate of drug-likeness (QED) is 0.681. The van der Waals surface area contributed by atoms with Crippen LogP contribution in [0.2, 0.25) is 0 Å². The molecule has 30 heavy (non-hydrogen) atoms. The predicted octanol–water partition coefficient (Wildman–Crippen LogP) is 3.21. The second kappa shape index (κ2) is 10.4. The molecule has 7 heteroatoms. The molecule has 0 saturated carbocycles. The molecule has 0 aliphatic carbocycles. The van der Waals surface area contributed by atoms with E-state index in [0.29, 0.717) is 12.2 Å². The van der Waals surface area contributed by atoms with E-state index in [9.17, 15) is 14.4 Å². The largest absolute Gasteiger partial charge is 0.482 e. The third kappa shape index (κ3) is 7.95. The Hall–Kier alpha value is -3.35. The van der Waals surface area contributed by atoms with Crippen LogP contribution in [0.1, 0.15) is 38.8 Å². The Morgan fingerprint density at radius 2 is 1.60 bits per heavy atom. The summed E-state index contributed by atoms with van der Waals surface area (Å²) in [4.78, 5) is 35.9. The van der Waals surface area contributed by atoms with Crippen molar-refractivity contribution in [1.29, 1.82) is 0 Å². The summed E-state index contributed by atoms with van der Waals surface area (Å²) < 4.78 is 10.7. The van der Waals surface area contributed by atoms with Gasteiger partial charge in [-0.2, -0.15) is 0 Å². The number of benzene rings is 2. The minimum Gasteiger partial charge on any atom is -0.482 e. The molecule has 0 aliphatic rings. The number of ether oxygens (including phenoxy) is 2. The number of nitrogens with one attached hydrogen (secondary N) is 2. The Kier molecular flexibility index (Phi) is 7.98. The number of hydrogen-bond donors (Lipinski definition) is 2. The average molecular weight is 412 g/mol. The van der Waals surface area contributed by atoms with E-state index in [-0.39, 0.29) is 6.61 Å². The molecule has 0 aliphatic heterocycles. The highest BCUT2D eigenvalue weighted by Crippen LogP contribution is 2.21. The third-order valence-corrected chi connectivity index (χ3v) is 3.96. The Morgan fingerprint density at radius 1 is 0.967 bits per heavy atom. The van der Waals surface area contributed by atoms with Gasteiger partial charge in [0.1, 0.15) is 5.75 Å². The first-order valence-corrected chi connectivity index (χ1v) is 9.71. The van der Waals surface area contributed by atoms with E-state index in [1.54, 1.807) is 26.8 Å². The molecule has 2 rings (SSSR count). The van der Waals surface area contributed by atoms with Crippen LogP contribution in [-0.2, 0) is 20.7 Å². The maximum absolute atomic E-state index is 12.1. The fourth-order valence-corrected chi connectivity index (χ4v) is 2.61. The molecule has 160 valence electrons. The van der Waals surface area contributed by atoms with Gasteiger partial charge in [0.25, 0.3) is 5.91 Å². The molecule has 0 spiro atoms. The Balaban J connectivity index is 1.86. The maximum atomic E-state index is 12.1. The van der Waals surface area contributed by atoms with Crippen molar-refractivity contribution in [3.8, 4) is 5.75 Å². The molecule has 0 fully saturated rings. The number of para-hydroxylation sites is 1. The zero-order chi connectivity index (χ0) is 22.1. The van der Waals surface area contributed by atoms with Crippen LogP contribution in [-0.4, -0.2) is 36.2 Å². The lowest BCUT2D eigenvalue weighted by Crippen LogP contribution is -2.50. The van der Waals surface area contributed by atoms with E-state index in [1.807, 2.05) is 48.5 Å². The van der Waals surface area contributed by atoms with Gasteiger partial charge in [0, 0.05) is 12.0 Å². The maximum Gasteiger partial charge on any atom is 0.344 e. The highest BCUT2D eigenvalue weighted by molar-refractivity contribution is 5.97. The van der Waals surface area contributed by atoms with Gasteiger partial charge in [0.2, 0.25) is 0 Å². The van der Waals surface area contributed by atoms with Crippen LogP contribution in [0, 0.1) is 0 Å².